The summed E-state index contributed by atoms with van der Waals surface area (Å²) in [6.45, 7) is 0. The number of benzene rings is 2. The van der Waals surface area contributed by atoms with Gasteiger partial charge in [-0.2, -0.15) is 8.97 Å². The van der Waals surface area contributed by atoms with Gasteiger partial charge in [-0.1, -0.05) is 55.0 Å². The normalized spacial score (nSPS) is 15.3. The topological polar surface area (TPSA) is 45.6 Å². The Hall–Kier alpha value is -3.14. The molecule has 1 aliphatic carbocycles. The van der Waals surface area contributed by atoms with Crippen molar-refractivity contribution >= 4 is 22.2 Å². The van der Waals surface area contributed by atoms with Crippen LogP contribution in [0.1, 0.15) is 54.2 Å². The number of carbonyl (C=O) groups excluding carboxylic acids is 1. The number of imidazole rings is 1. The molecule has 0 amide bonds. The Bertz CT molecular complexity index is 1170. The third kappa shape index (κ3) is 2.60. The van der Waals surface area contributed by atoms with Crippen LogP contribution in [-0.2, 0) is 0 Å². The van der Waals surface area contributed by atoms with Crippen LogP contribution in [-0.4, -0.2) is 15.3 Å². The Balaban J connectivity index is 1.83. The van der Waals surface area contributed by atoms with Crippen molar-refractivity contribution in [3.63, 3.8) is 0 Å². The second-order valence-electron chi connectivity index (χ2n) is 7.63. The fourth-order valence-electron chi connectivity index (χ4n) is 4.57. The molecule has 1 saturated carbocycles. The Labute approximate surface area is 163 Å². The number of hydrogen-bond acceptors (Lipinski definition) is 2. The molecular formula is C24H23N2O2+. The quantitative estimate of drug-likeness (QED) is 0.414. The summed E-state index contributed by atoms with van der Waals surface area (Å²) in [7, 11) is 0. The van der Waals surface area contributed by atoms with Gasteiger partial charge in [-0.05, 0) is 43.2 Å². The maximum absolute atomic E-state index is 13.3. The van der Waals surface area contributed by atoms with E-state index in [0.717, 1.165) is 42.1 Å². The molecule has 4 heteroatoms. The molecular weight excluding hydrogens is 348 g/mol. The second kappa shape index (κ2) is 6.79. The largest absolute Gasteiger partial charge is 0.475 e. The van der Waals surface area contributed by atoms with Crippen molar-refractivity contribution in [2.24, 2.45) is 0 Å². The van der Waals surface area contributed by atoms with Crippen LogP contribution in [0.2, 0.25) is 0 Å². The van der Waals surface area contributed by atoms with Crippen molar-refractivity contribution < 1.29 is 14.5 Å². The average Bonchev–Trinajstić information content (AvgIpc) is 3.06. The minimum atomic E-state index is -0.155. The molecule has 0 atom stereocenters. The van der Waals surface area contributed by atoms with Gasteiger partial charge in [-0.15, -0.1) is 0 Å². The zero-order chi connectivity index (χ0) is 19.1. The first kappa shape index (κ1) is 17.0. The van der Waals surface area contributed by atoms with Crippen LogP contribution in [0.4, 0.5) is 0 Å². The Morgan fingerprint density at radius 1 is 0.929 bits per heavy atom. The molecule has 0 radical (unpaired) electrons. The standard InChI is InChI=1S/C24H22N2O2/c27-22(18-10-3-1-4-11-18)21-24(28)26(19-12-5-2-6-13-19)23-20-14-8-7-9-17(20)15-16-25(21)23/h1,3-4,7-11,14-16,19H,2,5-6,12-13H2/p+1. The Morgan fingerprint density at radius 2 is 1.64 bits per heavy atom. The van der Waals surface area contributed by atoms with Gasteiger partial charge in [0.15, 0.2) is 0 Å². The summed E-state index contributed by atoms with van der Waals surface area (Å²) in [6.07, 6.45) is 7.51. The number of nitrogens with zero attached hydrogens (tertiary/aromatic N) is 2. The van der Waals surface area contributed by atoms with E-state index in [2.05, 4.69) is 12.1 Å². The molecule has 140 valence electrons. The molecule has 1 aliphatic rings. The van der Waals surface area contributed by atoms with Crippen LogP contribution in [0.15, 0.2) is 66.9 Å². The lowest BCUT2D eigenvalue weighted by Crippen LogP contribution is -2.40. The first-order valence-corrected chi connectivity index (χ1v) is 10.0. The zero-order valence-electron chi connectivity index (χ0n) is 15.7. The number of hydrogen-bond donors (Lipinski definition) is 1. The highest BCUT2D eigenvalue weighted by Gasteiger charge is 2.36. The molecule has 0 saturated heterocycles. The molecule has 1 N–H and O–H groups in total. The fraction of sp³-hybridized carbons (Fsp3) is 0.250. The Morgan fingerprint density at radius 3 is 2.43 bits per heavy atom. The van der Waals surface area contributed by atoms with Crippen molar-refractivity contribution in [3.05, 3.63) is 78.1 Å². The lowest BCUT2D eigenvalue weighted by atomic mass is 9.95. The maximum Gasteiger partial charge on any atom is 0.335 e. The molecule has 4 aromatic rings. The highest BCUT2D eigenvalue weighted by atomic mass is 16.3. The van der Waals surface area contributed by atoms with E-state index in [1.54, 1.807) is 12.1 Å². The average molecular weight is 371 g/mol. The van der Waals surface area contributed by atoms with E-state index in [-0.39, 0.29) is 17.7 Å². The van der Waals surface area contributed by atoms with Gasteiger partial charge >= 0.3 is 5.88 Å². The van der Waals surface area contributed by atoms with Gasteiger partial charge in [-0.3, -0.25) is 4.79 Å². The summed E-state index contributed by atoms with van der Waals surface area (Å²) in [5.41, 5.74) is 1.83. The highest BCUT2D eigenvalue weighted by molar-refractivity contribution is 6.10. The predicted octanol–water partition coefficient (Wildman–Crippen LogP) is 4.82. The number of pyridine rings is 1. The molecule has 0 bridgehead atoms. The molecule has 28 heavy (non-hydrogen) atoms. The van der Waals surface area contributed by atoms with Gasteiger partial charge in [0.05, 0.1) is 11.6 Å². The van der Waals surface area contributed by atoms with Crippen LogP contribution < -0.4 is 4.57 Å². The summed E-state index contributed by atoms with van der Waals surface area (Å²) in [5.74, 6) is -0.0740. The summed E-state index contributed by atoms with van der Waals surface area (Å²) < 4.78 is 3.89. The molecule has 2 aromatic carbocycles. The highest BCUT2D eigenvalue weighted by Crippen LogP contribution is 2.32. The van der Waals surface area contributed by atoms with E-state index in [1.165, 1.54) is 6.42 Å². The molecule has 2 aromatic heterocycles. The number of fused-ring (bicyclic) bond motifs is 3. The second-order valence-corrected chi connectivity index (χ2v) is 7.63. The van der Waals surface area contributed by atoms with E-state index in [1.807, 2.05) is 51.6 Å². The predicted molar refractivity (Wildman–Crippen MR) is 109 cm³/mol. The van der Waals surface area contributed by atoms with E-state index < -0.39 is 0 Å². The SMILES string of the molecule is O=C(c1ccccc1)c1c(O)[n+](C2CCCCC2)c2c3ccccc3ccn12. The zero-order valence-corrected chi connectivity index (χ0v) is 15.7. The number of rotatable bonds is 3. The van der Waals surface area contributed by atoms with Crippen LogP contribution in [0.25, 0.3) is 16.4 Å². The van der Waals surface area contributed by atoms with E-state index in [4.69, 9.17) is 0 Å². The first-order chi connectivity index (χ1) is 13.8. The summed E-state index contributed by atoms with van der Waals surface area (Å²) >= 11 is 0. The molecule has 5 rings (SSSR count). The maximum atomic E-state index is 13.3. The summed E-state index contributed by atoms with van der Waals surface area (Å²) in [4.78, 5) is 13.3. The van der Waals surface area contributed by atoms with Gasteiger partial charge in [0.25, 0.3) is 11.3 Å². The van der Waals surface area contributed by atoms with Crippen molar-refractivity contribution in [1.82, 2.24) is 4.40 Å². The van der Waals surface area contributed by atoms with Crippen LogP contribution in [0.3, 0.4) is 0 Å². The minimum absolute atomic E-state index is 0.0807. The first-order valence-electron chi connectivity index (χ1n) is 10.0. The van der Waals surface area contributed by atoms with Gasteiger partial charge in [0.1, 0.15) is 6.04 Å². The molecule has 0 unspecified atom stereocenters. The van der Waals surface area contributed by atoms with Crippen molar-refractivity contribution in [2.45, 2.75) is 38.1 Å². The summed E-state index contributed by atoms with van der Waals surface area (Å²) in [6, 6.07) is 19.6. The molecule has 0 spiro atoms. The monoisotopic (exact) mass is 371 g/mol. The smallest absolute Gasteiger partial charge is 0.335 e. The van der Waals surface area contributed by atoms with Crippen molar-refractivity contribution in [3.8, 4) is 5.88 Å². The number of aromatic nitrogens is 2. The van der Waals surface area contributed by atoms with Crippen LogP contribution >= 0.6 is 0 Å². The van der Waals surface area contributed by atoms with E-state index in [9.17, 15) is 9.90 Å². The van der Waals surface area contributed by atoms with Crippen molar-refractivity contribution in [2.75, 3.05) is 0 Å². The van der Waals surface area contributed by atoms with E-state index in [0.29, 0.717) is 11.3 Å². The Kier molecular flexibility index (Phi) is 4.12. The van der Waals surface area contributed by atoms with Crippen LogP contribution in [0, 0.1) is 0 Å². The van der Waals surface area contributed by atoms with Crippen LogP contribution in [0.5, 0.6) is 5.88 Å². The molecule has 2 heterocycles. The lowest BCUT2D eigenvalue weighted by Gasteiger charge is -2.19. The van der Waals surface area contributed by atoms with Gasteiger partial charge < -0.3 is 5.11 Å². The van der Waals surface area contributed by atoms with Gasteiger partial charge in [-0.25, -0.2) is 0 Å². The third-order valence-electron chi connectivity index (χ3n) is 5.93. The van der Waals surface area contributed by atoms with Gasteiger partial charge in [0, 0.05) is 5.56 Å². The third-order valence-corrected chi connectivity index (χ3v) is 5.93. The molecule has 4 nitrogen and oxygen atoms in total. The number of carbonyl (C=O) groups is 1. The molecule has 1 fully saturated rings. The van der Waals surface area contributed by atoms with Crippen molar-refractivity contribution in [1.29, 1.82) is 0 Å². The number of aromatic hydroxyl groups is 1. The molecule has 0 aliphatic heterocycles. The summed E-state index contributed by atoms with van der Waals surface area (Å²) in [5, 5.41) is 13.4. The van der Waals surface area contributed by atoms with Gasteiger partial charge in [0.2, 0.25) is 5.78 Å². The lowest BCUT2D eigenvalue weighted by molar-refractivity contribution is -0.705. The number of ketones is 1. The van der Waals surface area contributed by atoms with E-state index >= 15 is 0 Å². The fourth-order valence-corrected chi connectivity index (χ4v) is 4.57. The minimum Gasteiger partial charge on any atom is -0.475 e.